The number of fused-ring (bicyclic) bond motifs is 1. The summed E-state index contributed by atoms with van der Waals surface area (Å²) in [5, 5.41) is 0.318. The predicted octanol–water partition coefficient (Wildman–Crippen LogP) is 1.30. The van der Waals surface area contributed by atoms with Gasteiger partial charge in [-0.1, -0.05) is 0 Å². The minimum atomic E-state index is -0.421. The fourth-order valence-corrected chi connectivity index (χ4v) is 3.16. The molecule has 0 aliphatic rings. The molecule has 0 fully saturated rings. The molecule has 0 aliphatic carbocycles. The molecule has 0 unspecified atom stereocenters. The number of nitrogens with zero attached hydrogens (tertiary/aromatic N) is 4. The summed E-state index contributed by atoms with van der Waals surface area (Å²) in [5.74, 6) is -0.317. The van der Waals surface area contributed by atoms with Gasteiger partial charge in [-0.15, -0.1) is 12.6 Å². The smallest absolute Gasteiger partial charge is 0.332 e. The lowest BCUT2D eigenvalue weighted by molar-refractivity contribution is -0.145. The molecule has 2 aromatic rings. The second-order valence-corrected chi connectivity index (χ2v) is 6.75. The second kappa shape index (κ2) is 9.23. The number of carbonyl (C=O) groups excluding carboxylic acids is 1. The average molecular weight is 398 g/mol. The molecule has 1 atom stereocenters. The Balaban J connectivity index is 2.25. The number of rotatable bonds is 9. The zero-order chi connectivity index (χ0) is 20.1. The van der Waals surface area contributed by atoms with E-state index in [2.05, 4.69) is 17.6 Å². The van der Waals surface area contributed by atoms with E-state index in [0.717, 1.165) is 6.42 Å². The number of esters is 1. The van der Waals surface area contributed by atoms with Gasteiger partial charge in [0.25, 0.3) is 5.56 Å². The highest BCUT2D eigenvalue weighted by atomic mass is 32.1. The molecule has 0 aromatic carbocycles. The van der Waals surface area contributed by atoms with Crippen LogP contribution in [0.4, 0.5) is 0 Å². The minimum absolute atomic E-state index is 0.138. The first-order valence-corrected chi connectivity index (χ1v) is 9.36. The normalized spacial score (nSPS) is 12.5. The molecular weight excluding hydrogens is 372 g/mol. The van der Waals surface area contributed by atoms with E-state index in [1.54, 1.807) is 11.6 Å². The van der Waals surface area contributed by atoms with E-state index in [1.165, 1.54) is 16.1 Å². The van der Waals surface area contributed by atoms with Crippen molar-refractivity contribution in [2.24, 2.45) is 7.05 Å². The first-order valence-electron chi connectivity index (χ1n) is 8.91. The fourth-order valence-electron chi connectivity index (χ4n) is 2.91. The van der Waals surface area contributed by atoms with Crippen LogP contribution >= 0.6 is 12.6 Å². The molecule has 2 aromatic heterocycles. The van der Waals surface area contributed by atoms with Gasteiger partial charge in [0.15, 0.2) is 16.3 Å². The Hall–Kier alpha value is -2.07. The van der Waals surface area contributed by atoms with Crippen molar-refractivity contribution in [3.05, 3.63) is 20.8 Å². The maximum Gasteiger partial charge on any atom is 0.332 e. The van der Waals surface area contributed by atoms with Crippen molar-refractivity contribution in [3.8, 4) is 0 Å². The van der Waals surface area contributed by atoms with E-state index < -0.39 is 11.2 Å². The van der Waals surface area contributed by atoms with Crippen molar-refractivity contribution in [2.75, 3.05) is 6.61 Å². The van der Waals surface area contributed by atoms with E-state index >= 15 is 0 Å². The third-order valence-electron chi connectivity index (χ3n) is 4.25. The summed E-state index contributed by atoms with van der Waals surface area (Å²) in [6.07, 6.45) is 1.81. The average Bonchev–Trinajstić information content (AvgIpc) is 2.93. The molecule has 150 valence electrons. The number of imidazole rings is 1. The molecule has 0 spiro atoms. The van der Waals surface area contributed by atoms with Crippen LogP contribution in [0, 0.1) is 0 Å². The molecule has 9 nitrogen and oxygen atoms in total. The Bertz CT molecular complexity index is 930. The number of carbonyl (C=O) groups is 1. The van der Waals surface area contributed by atoms with E-state index in [9.17, 15) is 14.4 Å². The van der Waals surface area contributed by atoms with Crippen molar-refractivity contribution < 1.29 is 14.3 Å². The number of aromatic nitrogens is 4. The largest absolute Gasteiger partial charge is 0.463 e. The van der Waals surface area contributed by atoms with Crippen molar-refractivity contribution in [1.82, 2.24) is 18.7 Å². The zero-order valence-electron chi connectivity index (χ0n) is 16.1. The predicted molar refractivity (Wildman–Crippen MR) is 103 cm³/mol. The summed E-state index contributed by atoms with van der Waals surface area (Å²) >= 11 is 4.29. The Kier molecular flexibility index (Phi) is 7.25. The summed E-state index contributed by atoms with van der Waals surface area (Å²) in [5.41, 5.74) is -0.248. The summed E-state index contributed by atoms with van der Waals surface area (Å²) in [6.45, 7) is 5.93. The van der Waals surface area contributed by atoms with Gasteiger partial charge >= 0.3 is 11.7 Å². The first kappa shape index (κ1) is 21.2. The van der Waals surface area contributed by atoms with E-state index in [1.807, 2.05) is 13.8 Å². The highest BCUT2D eigenvalue weighted by molar-refractivity contribution is 7.80. The molecule has 10 heteroatoms. The first-order chi connectivity index (χ1) is 12.8. The number of hydrogen-bond acceptors (Lipinski definition) is 7. The Labute approximate surface area is 162 Å². The van der Waals surface area contributed by atoms with Crippen LogP contribution in [0.25, 0.3) is 11.2 Å². The maximum absolute atomic E-state index is 12.9. The molecular formula is C17H26N4O5S. The van der Waals surface area contributed by atoms with E-state index in [0.29, 0.717) is 30.1 Å². The number of unbranched alkanes of at least 4 members (excludes halogenated alkanes) is 1. The van der Waals surface area contributed by atoms with Crippen LogP contribution < -0.4 is 11.2 Å². The van der Waals surface area contributed by atoms with Crippen LogP contribution in [0.5, 0.6) is 0 Å². The molecule has 0 saturated carbocycles. The summed E-state index contributed by atoms with van der Waals surface area (Å²) in [7, 11) is 1.58. The number of hydrogen-bond donors (Lipinski definition) is 1. The summed E-state index contributed by atoms with van der Waals surface area (Å²) in [4.78, 5) is 40.6. The van der Waals surface area contributed by atoms with Gasteiger partial charge in [0.1, 0.15) is 6.73 Å². The standard InChI is InChI=1S/C17H26N4O5S/c1-5-25-10-21-13-14(18-16(21)27)19(4)17(24)20(15(13)23)9-7-6-8-11(2)26-12(3)22/h11H,5-10H2,1-4H3,(H,18,27)/t11-/m1/s1. The second-order valence-electron chi connectivity index (χ2n) is 6.35. The highest BCUT2D eigenvalue weighted by Gasteiger charge is 2.19. The van der Waals surface area contributed by atoms with Gasteiger partial charge in [-0.3, -0.25) is 23.3 Å². The van der Waals surface area contributed by atoms with Crippen molar-refractivity contribution in [1.29, 1.82) is 0 Å². The SMILES string of the molecule is CCOCn1c(S)nc2c1c(=O)n(CCCC[C@@H](C)OC(C)=O)c(=O)n2C. The van der Waals surface area contributed by atoms with Gasteiger partial charge in [0.2, 0.25) is 0 Å². The van der Waals surface area contributed by atoms with Crippen LogP contribution in [0.15, 0.2) is 14.7 Å². The van der Waals surface area contributed by atoms with Gasteiger partial charge in [0.05, 0.1) is 6.10 Å². The van der Waals surface area contributed by atoms with Gasteiger partial charge in [-0.05, 0) is 33.1 Å². The molecule has 2 heterocycles. The Morgan fingerprint density at radius 2 is 1.96 bits per heavy atom. The van der Waals surface area contributed by atoms with Gasteiger partial charge in [-0.25, -0.2) is 9.78 Å². The van der Waals surface area contributed by atoms with Crippen molar-refractivity contribution in [2.45, 2.75) is 64.6 Å². The Morgan fingerprint density at radius 3 is 2.59 bits per heavy atom. The van der Waals surface area contributed by atoms with Gasteiger partial charge < -0.3 is 9.47 Å². The highest BCUT2D eigenvalue weighted by Crippen LogP contribution is 2.14. The van der Waals surface area contributed by atoms with Crippen molar-refractivity contribution in [3.63, 3.8) is 0 Å². The van der Waals surface area contributed by atoms with Crippen LogP contribution in [0.1, 0.15) is 40.0 Å². The van der Waals surface area contributed by atoms with Crippen LogP contribution in [0.3, 0.4) is 0 Å². The van der Waals surface area contributed by atoms with Crippen LogP contribution in [-0.4, -0.2) is 37.4 Å². The van der Waals surface area contributed by atoms with Gasteiger partial charge in [-0.2, -0.15) is 0 Å². The molecule has 2 rings (SSSR count). The molecule has 0 saturated heterocycles. The van der Waals surface area contributed by atoms with E-state index in [4.69, 9.17) is 9.47 Å². The molecule has 27 heavy (non-hydrogen) atoms. The molecule has 0 bridgehead atoms. The molecule has 0 radical (unpaired) electrons. The number of aryl methyl sites for hydroxylation is 1. The number of ether oxygens (including phenoxy) is 2. The molecule has 0 aliphatic heterocycles. The van der Waals surface area contributed by atoms with Gasteiger partial charge in [0, 0.05) is 27.1 Å². The fraction of sp³-hybridized carbons (Fsp3) is 0.647. The lowest BCUT2D eigenvalue weighted by Gasteiger charge is -2.12. The Morgan fingerprint density at radius 1 is 1.26 bits per heavy atom. The lowest BCUT2D eigenvalue weighted by Crippen LogP contribution is -2.39. The minimum Gasteiger partial charge on any atom is -0.463 e. The summed E-state index contributed by atoms with van der Waals surface area (Å²) in [6, 6.07) is 0. The van der Waals surface area contributed by atoms with Crippen LogP contribution in [0.2, 0.25) is 0 Å². The third-order valence-corrected chi connectivity index (χ3v) is 4.59. The lowest BCUT2D eigenvalue weighted by atomic mass is 10.2. The maximum atomic E-state index is 12.9. The topological polar surface area (TPSA) is 97.3 Å². The summed E-state index contributed by atoms with van der Waals surface area (Å²) < 4.78 is 14.6. The number of thiol groups is 1. The monoisotopic (exact) mass is 398 g/mol. The van der Waals surface area contributed by atoms with Crippen LogP contribution in [-0.2, 0) is 34.6 Å². The quantitative estimate of drug-likeness (QED) is 0.388. The zero-order valence-corrected chi connectivity index (χ0v) is 17.0. The van der Waals surface area contributed by atoms with E-state index in [-0.39, 0.29) is 31.0 Å². The van der Waals surface area contributed by atoms with Crippen molar-refractivity contribution >= 4 is 29.8 Å². The third kappa shape index (κ3) is 4.81. The molecule has 0 amide bonds. The molecule has 0 N–H and O–H groups in total.